The van der Waals surface area contributed by atoms with Crippen molar-refractivity contribution in [2.24, 2.45) is 4.99 Å². The molecule has 0 aromatic carbocycles. The average molecular weight is 364 g/mol. The van der Waals surface area contributed by atoms with Crippen LogP contribution in [-0.4, -0.2) is 65.8 Å². The molecule has 3 heterocycles. The number of guanidine groups is 1. The number of aromatic nitrogens is 3. The van der Waals surface area contributed by atoms with Crippen molar-refractivity contribution in [1.82, 2.24) is 25.4 Å². The summed E-state index contributed by atoms with van der Waals surface area (Å²) < 4.78 is 13.3. The highest BCUT2D eigenvalue weighted by atomic mass is 16.5. The zero-order valence-corrected chi connectivity index (χ0v) is 16.3. The van der Waals surface area contributed by atoms with Gasteiger partial charge in [0.2, 0.25) is 0 Å². The van der Waals surface area contributed by atoms with Gasteiger partial charge in [-0.3, -0.25) is 4.99 Å². The van der Waals surface area contributed by atoms with Gasteiger partial charge in [-0.2, -0.15) is 5.10 Å². The van der Waals surface area contributed by atoms with E-state index in [0.29, 0.717) is 12.6 Å². The Kier molecular flexibility index (Phi) is 6.48. The fraction of sp³-hybridized carbons (Fsp3) is 0.833. The van der Waals surface area contributed by atoms with Gasteiger partial charge in [0.1, 0.15) is 5.82 Å². The highest BCUT2D eigenvalue weighted by Crippen LogP contribution is 2.24. The normalized spacial score (nSPS) is 22.7. The van der Waals surface area contributed by atoms with Gasteiger partial charge < -0.3 is 20.1 Å². The van der Waals surface area contributed by atoms with Gasteiger partial charge in [-0.1, -0.05) is 6.92 Å². The van der Waals surface area contributed by atoms with Gasteiger partial charge in [0.25, 0.3) is 0 Å². The van der Waals surface area contributed by atoms with Gasteiger partial charge in [0.15, 0.2) is 11.8 Å². The molecule has 1 atom stereocenters. The summed E-state index contributed by atoms with van der Waals surface area (Å²) in [5.41, 5.74) is -0.206. The van der Waals surface area contributed by atoms with Gasteiger partial charge >= 0.3 is 0 Å². The van der Waals surface area contributed by atoms with Crippen LogP contribution in [-0.2, 0) is 28.9 Å². The summed E-state index contributed by atoms with van der Waals surface area (Å²) in [7, 11) is 1.78. The molecule has 1 aromatic rings. The fourth-order valence-corrected chi connectivity index (χ4v) is 3.53. The summed E-state index contributed by atoms with van der Waals surface area (Å²) in [5.74, 6) is 2.88. The van der Waals surface area contributed by atoms with Crippen LogP contribution in [0.2, 0.25) is 0 Å². The van der Waals surface area contributed by atoms with Crippen molar-refractivity contribution >= 4 is 5.96 Å². The molecule has 1 saturated heterocycles. The quantitative estimate of drug-likeness (QED) is 0.576. The highest BCUT2D eigenvalue weighted by molar-refractivity contribution is 5.80. The van der Waals surface area contributed by atoms with E-state index in [0.717, 1.165) is 76.0 Å². The minimum absolute atomic E-state index is 0.206. The zero-order valence-electron chi connectivity index (χ0n) is 16.3. The predicted octanol–water partition coefficient (Wildman–Crippen LogP) is 0.906. The van der Waals surface area contributed by atoms with Crippen LogP contribution < -0.4 is 10.6 Å². The molecule has 0 radical (unpaired) electrons. The Bertz CT molecular complexity index is 609. The van der Waals surface area contributed by atoms with E-state index in [4.69, 9.17) is 14.5 Å². The van der Waals surface area contributed by atoms with Crippen molar-refractivity contribution in [3.63, 3.8) is 0 Å². The molecule has 1 aromatic heterocycles. The van der Waals surface area contributed by atoms with E-state index in [9.17, 15) is 0 Å². The lowest BCUT2D eigenvalue weighted by atomic mass is 9.94. The van der Waals surface area contributed by atoms with E-state index in [1.807, 2.05) is 4.68 Å². The summed E-state index contributed by atoms with van der Waals surface area (Å²) in [6.07, 6.45) is 4.64. The Labute approximate surface area is 155 Å². The lowest BCUT2D eigenvalue weighted by molar-refractivity contribution is -0.0828. The summed E-state index contributed by atoms with van der Waals surface area (Å²) in [6.45, 7) is 7.96. The number of nitrogens with one attached hydrogen (secondary N) is 2. The second-order valence-electron chi connectivity index (χ2n) is 7.05. The maximum atomic E-state index is 5.79. The van der Waals surface area contributed by atoms with E-state index in [1.165, 1.54) is 0 Å². The third-order valence-corrected chi connectivity index (χ3v) is 5.27. The van der Waals surface area contributed by atoms with E-state index >= 15 is 0 Å². The largest absolute Gasteiger partial charge is 0.381 e. The van der Waals surface area contributed by atoms with Crippen LogP contribution in [0.25, 0.3) is 0 Å². The number of nitrogens with zero attached hydrogens (tertiary/aromatic N) is 4. The molecule has 0 spiro atoms. The molecule has 3 rings (SSSR count). The number of aliphatic imine (C=N–C) groups is 1. The fourth-order valence-electron chi connectivity index (χ4n) is 3.53. The van der Waals surface area contributed by atoms with Gasteiger partial charge in [-0.25, -0.2) is 9.67 Å². The maximum absolute atomic E-state index is 5.79. The van der Waals surface area contributed by atoms with Crippen LogP contribution in [0.15, 0.2) is 4.99 Å². The number of rotatable bonds is 6. The molecule has 1 unspecified atom stereocenters. The summed E-state index contributed by atoms with van der Waals surface area (Å²) in [4.78, 5) is 9.41. The molecule has 8 nitrogen and oxygen atoms in total. The van der Waals surface area contributed by atoms with E-state index in [2.05, 4.69) is 34.6 Å². The van der Waals surface area contributed by atoms with E-state index < -0.39 is 0 Å². The van der Waals surface area contributed by atoms with Crippen molar-refractivity contribution < 1.29 is 9.47 Å². The first-order valence-electron chi connectivity index (χ1n) is 9.78. The minimum atomic E-state index is -0.206. The van der Waals surface area contributed by atoms with E-state index in [-0.39, 0.29) is 5.60 Å². The zero-order chi connectivity index (χ0) is 18.4. The first-order valence-corrected chi connectivity index (χ1v) is 9.78. The molecule has 2 aliphatic heterocycles. The van der Waals surface area contributed by atoms with Crippen molar-refractivity contribution in [1.29, 1.82) is 0 Å². The first-order chi connectivity index (χ1) is 12.7. The van der Waals surface area contributed by atoms with Crippen molar-refractivity contribution in [2.75, 3.05) is 33.4 Å². The number of fused-ring (bicyclic) bond motifs is 1. The van der Waals surface area contributed by atoms with Crippen LogP contribution in [0.5, 0.6) is 0 Å². The average Bonchev–Trinajstić information content (AvgIpc) is 3.09. The summed E-state index contributed by atoms with van der Waals surface area (Å²) in [6, 6.07) is 0.305. The van der Waals surface area contributed by atoms with E-state index in [1.54, 1.807) is 7.11 Å². The number of ether oxygens (including phenoxy) is 2. The molecule has 146 valence electrons. The third-order valence-electron chi connectivity index (χ3n) is 5.27. The molecule has 0 aliphatic carbocycles. The highest BCUT2D eigenvalue weighted by Gasteiger charge is 2.32. The Morgan fingerprint density at radius 2 is 2.19 bits per heavy atom. The number of hydrogen-bond acceptors (Lipinski definition) is 5. The smallest absolute Gasteiger partial charge is 0.191 e. The Morgan fingerprint density at radius 1 is 1.38 bits per heavy atom. The molecule has 0 amide bonds. The minimum Gasteiger partial charge on any atom is -0.381 e. The standard InChI is InChI=1S/C18H32N6O2/c1-4-15-22-16-7-6-14(12-24(16)23-15)21-17(19-5-2)20-13-18(25-3)8-10-26-11-9-18/h14H,4-13H2,1-3H3,(H2,19,20,21). The molecule has 2 aliphatic rings. The van der Waals surface area contributed by atoms with Crippen LogP contribution in [0, 0.1) is 0 Å². The van der Waals surface area contributed by atoms with Crippen LogP contribution in [0.3, 0.4) is 0 Å². The number of hydrogen-bond donors (Lipinski definition) is 2. The second kappa shape index (κ2) is 8.81. The molecule has 1 fully saturated rings. The van der Waals surface area contributed by atoms with Crippen LogP contribution >= 0.6 is 0 Å². The third kappa shape index (κ3) is 4.54. The molecule has 0 bridgehead atoms. The molecule has 2 N–H and O–H groups in total. The first kappa shape index (κ1) is 19.1. The second-order valence-corrected chi connectivity index (χ2v) is 7.05. The van der Waals surface area contributed by atoms with Gasteiger partial charge in [0.05, 0.1) is 18.7 Å². The SMILES string of the molecule is CCNC(=NCC1(OC)CCOCC1)NC1CCc2nc(CC)nn2C1. The lowest BCUT2D eigenvalue weighted by Gasteiger charge is -2.35. The van der Waals surface area contributed by atoms with Gasteiger partial charge in [0, 0.05) is 58.6 Å². The molecule has 26 heavy (non-hydrogen) atoms. The Hall–Kier alpha value is -1.67. The van der Waals surface area contributed by atoms with Crippen LogP contribution in [0.4, 0.5) is 0 Å². The van der Waals surface area contributed by atoms with Crippen molar-refractivity contribution in [2.45, 2.75) is 64.1 Å². The van der Waals surface area contributed by atoms with Crippen molar-refractivity contribution in [3.05, 3.63) is 11.6 Å². The summed E-state index contributed by atoms with van der Waals surface area (Å²) in [5, 5.41) is 11.5. The Morgan fingerprint density at radius 3 is 2.88 bits per heavy atom. The van der Waals surface area contributed by atoms with Crippen LogP contribution in [0.1, 0.15) is 44.8 Å². The predicted molar refractivity (Wildman–Crippen MR) is 100 cm³/mol. The number of aryl methyl sites for hydroxylation is 2. The number of methoxy groups -OCH3 is 1. The Balaban J connectivity index is 1.62. The topological polar surface area (TPSA) is 85.6 Å². The maximum Gasteiger partial charge on any atom is 0.191 e. The monoisotopic (exact) mass is 364 g/mol. The lowest BCUT2D eigenvalue weighted by Crippen LogP contribution is -2.48. The molecule has 0 saturated carbocycles. The molecule has 8 heteroatoms. The van der Waals surface area contributed by atoms with Crippen molar-refractivity contribution in [3.8, 4) is 0 Å². The van der Waals surface area contributed by atoms with Gasteiger partial charge in [-0.05, 0) is 13.3 Å². The molecular weight excluding hydrogens is 332 g/mol. The summed E-state index contributed by atoms with van der Waals surface area (Å²) >= 11 is 0. The molecular formula is C18H32N6O2. The van der Waals surface area contributed by atoms with Gasteiger partial charge in [-0.15, -0.1) is 0 Å².